The largest absolute Gasteiger partial charge is 0.461 e. The first kappa shape index (κ1) is 23.7. The van der Waals surface area contributed by atoms with Gasteiger partial charge >= 0.3 is 5.97 Å². The zero-order valence-corrected chi connectivity index (χ0v) is 19.4. The molecule has 34 heavy (non-hydrogen) atoms. The number of aryl methyl sites for hydroxylation is 1. The standard InChI is InChI=1S/C25H26N2O6S/c28-24(26-15-17-27(18-16-26)34(30,31)22-9-5-2-6-10-22)19-32-25(29)14-12-21-11-13-23(33-21)20-7-3-1-4-8-20/h1-11,13H,12,14-19H2. The Labute approximate surface area is 198 Å². The summed E-state index contributed by atoms with van der Waals surface area (Å²) in [5, 5.41) is 0. The van der Waals surface area contributed by atoms with Crippen LogP contribution in [0.3, 0.4) is 0 Å². The van der Waals surface area contributed by atoms with Crippen molar-refractivity contribution in [2.24, 2.45) is 0 Å². The fraction of sp³-hybridized carbons (Fsp3) is 0.280. The number of furan rings is 1. The van der Waals surface area contributed by atoms with Gasteiger partial charge in [-0.05, 0) is 24.3 Å². The molecule has 2 heterocycles. The molecular formula is C25H26N2O6S. The average Bonchev–Trinajstić information content (AvgIpc) is 3.36. The molecule has 0 N–H and O–H groups in total. The molecule has 0 unspecified atom stereocenters. The second kappa shape index (κ2) is 10.7. The summed E-state index contributed by atoms with van der Waals surface area (Å²) in [5.41, 5.74) is 0.957. The van der Waals surface area contributed by atoms with Crippen molar-refractivity contribution in [1.29, 1.82) is 0 Å². The molecule has 0 saturated carbocycles. The van der Waals surface area contributed by atoms with E-state index < -0.39 is 16.0 Å². The SMILES string of the molecule is O=C(CCc1ccc(-c2ccccc2)o1)OCC(=O)N1CCN(S(=O)(=O)c2ccccc2)CC1. The summed E-state index contributed by atoms with van der Waals surface area (Å²) in [6.07, 6.45) is 0.466. The van der Waals surface area contributed by atoms with E-state index in [1.165, 1.54) is 9.21 Å². The average molecular weight is 483 g/mol. The Kier molecular flexibility index (Phi) is 7.44. The molecule has 8 nitrogen and oxygen atoms in total. The number of carbonyl (C=O) groups excluding carboxylic acids is 2. The van der Waals surface area contributed by atoms with Gasteiger partial charge in [-0.25, -0.2) is 8.42 Å². The maximum atomic E-state index is 12.7. The molecule has 1 amide bonds. The number of sulfonamides is 1. The number of rotatable bonds is 8. The van der Waals surface area contributed by atoms with Crippen molar-refractivity contribution in [3.8, 4) is 11.3 Å². The van der Waals surface area contributed by atoms with E-state index in [1.54, 1.807) is 30.3 Å². The molecule has 1 aliphatic heterocycles. The zero-order valence-electron chi connectivity index (χ0n) is 18.6. The number of piperazine rings is 1. The highest BCUT2D eigenvalue weighted by Crippen LogP contribution is 2.22. The summed E-state index contributed by atoms with van der Waals surface area (Å²) in [4.78, 5) is 26.3. The minimum atomic E-state index is -3.59. The third-order valence-corrected chi connectivity index (χ3v) is 7.54. The van der Waals surface area contributed by atoms with Gasteiger partial charge in [-0.1, -0.05) is 48.5 Å². The lowest BCUT2D eigenvalue weighted by Gasteiger charge is -2.33. The Hall–Kier alpha value is -3.43. The molecule has 0 atom stereocenters. The van der Waals surface area contributed by atoms with Crippen LogP contribution in [-0.4, -0.2) is 62.3 Å². The topological polar surface area (TPSA) is 97.1 Å². The number of nitrogens with zero attached hydrogens (tertiary/aromatic N) is 2. The maximum absolute atomic E-state index is 12.7. The van der Waals surface area contributed by atoms with E-state index in [9.17, 15) is 18.0 Å². The van der Waals surface area contributed by atoms with Crippen molar-refractivity contribution >= 4 is 21.9 Å². The van der Waals surface area contributed by atoms with Crippen LogP contribution in [0.2, 0.25) is 0 Å². The van der Waals surface area contributed by atoms with Gasteiger partial charge in [-0.3, -0.25) is 9.59 Å². The first-order chi connectivity index (χ1) is 16.4. The van der Waals surface area contributed by atoms with E-state index in [-0.39, 0.29) is 50.0 Å². The summed E-state index contributed by atoms with van der Waals surface area (Å²) < 4.78 is 37.7. The molecule has 1 fully saturated rings. The second-order valence-electron chi connectivity index (χ2n) is 7.89. The predicted molar refractivity (Wildman–Crippen MR) is 125 cm³/mol. The van der Waals surface area contributed by atoms with E-state index >= 15 is 0 Å². The van der Waals surface area contributed by atoms with Gasteiger partial charge in [0, 0.05) is 38.2 Å². The molecule has 178 valence electrons. The monoisotopic (exact) mass is 482 g/mol. The van der Waals surface area contributed by atoms with Gasteiger partial charge in [0.15, 0.2) is 6.61 Å². The fourth-order valence-corrected chi connectivity index (χ4v) is 5.16. The van der Waals surface area contributed by atoms with Gasteiger partial charge in [0.05, 0.1) is 11.3 Å². The molecule has 0 aliphatic carbocycles. The Morgan fingerprint density at radius 3 is 2.18 bits per heavy atom. The minimum absolute atomic E-state index is 0.0954. The number of hydrogen-bond acceptors (Lipinski definition) is 6. The highest BCUT2D eigenvalue weighted by Gasteiger charge is 2.30. The molecule has 0 bridgehead atoms. The number of esters is 1. The van der Waals surface area contributed by atoms with Crippen LogP contribution in [0.5, 0.6) is 0 Å². The lowest BCUT2D eigenvalue weighted by molar-refractivity contribution is -0.152. The Balaban J connectivity index is 1.19. The van der Waals surface area contributed by atoms with E-state index in [2.05, 4.69) is 0 Å². The van der Waals surface area contributed by atoms with Crippen LogP contribution in [0.1, 0.15) is 12.2 Å². The van der Waals surface area contributed by atoms with Crippen molar-refractivity contribution in [1.82, 2.24) is 9.21 Å². The normalized spacial score (nSPS) is 14.6. The maximum Gasteiger partial charge on any atom is 0.306 e. The number of carbonyl (C=O) groups is 2. The third-order valence-electron chi connectivity index (χ3n) is 5.62. The van der Waals surface area contributed by atoms with Crippen LogP contribution in [0.4, 0.5) is 0 Å². The van der Waals surface area contributed by atoms with Crippen molar-refractivity contribution in [2.75, 3.05) is 32.8 Å². The van der Waals surface area contributed by atoms with Gasteiger partial charge < -0.3 is 14.1 Å². The van der Waals surface area contributed by atoms with Gasteiger partial charge in [-0.15, -0.1) is 0 Å². The number of amides is 1. The summed E-state index contributed by atoms with van der Waals surface area (Å²) in [6.45, 7) is 0.518. The van der Waals surface area contributed by atoms with Crippen LogP contribution in [0, 0.1) is 0 Å². The van der Waals surface area contributed by atoms with Crippen LogP contribution in [-0.2, 0) is 30.8 Å². The first-order valence-electron chi connectivity index (χ1n) is 11.1. The summed E-state index contributed by atoms with van der Waals surface area (Å²) in [5.74, 6) is 0.566. The van der Waals surface area contributed by atoms with Gasteiger partial charge in [0.2, 0.25) is 10.0 Å². The summed E-state index contributed by atoms with van der Waals surface area (Å²) >= 11 is 0. The van der Waals surface area contributed by atoms with Crippen molar-refractivity contribution in [3.63, 3.8) is 0 Å². The van der Waals surface area contributed by atoms with Crippen LogP contribution >= 0.6 is 0 Å². The second-order valence-corrected chi connectivity index (χ2v) is 9.83. The van der Waals surface area contributed by atoms with E-state index in [1.807, 2.05) is 42.5 Å². The van der Waals surface area contributed by atoms with Crippen LogP contribution in [0.25, 0.3) is 11.3 Å². The Morgan fingerprint density at radius 1 is 0.853 bits per heavy atom. The molecule has 1 aromatic heterocycles. The van der Waals surface area contributed by atoms with Crippen molar-refractivity contribution in [2.45, 2.75) is 17.7 Å². The lowest BCUT2D eigenvalue weighted by Crippen LogP contribution is -2.51. The highest BCUT2D eigenvalue weighted by atomic mass is 32.2. The predicted octanol–water partition coefficient (Wildman–Crippen LogP) is 2.96. The molecular weight excluding hydrogens is 456 g/mol. The zero-order chi connectivity index (χ0) is 24.0. The Bertz CT molecular complexity index is 1220. The lowest BCUT2D eigenvalue weighted by atomic mass is 10.2. The van der Waals surface area contributed by atoms with E-state index in [0.29, 0.717) is 12.2 Å². The molecule has 0 radical (unpaired) electrons. The van der Waals surface area contributed by atoms with Crippen molar-refractivity contribution in [3.05, 3.63) is 78.6 Å². The minimum Gasteiger partial charge on any atom is -0.461 e. The molecule has 9 heteroatoms. The molecule has 3 aromatic rings. The quantitative estimate of drug-likeness (QED) is 0.458. The molecule has 1 saturated heterocycles. The molecule has 2 aromatic carbocycles. The van der Waals surface area contributed by atoms with Crippen LogP contribution in [0.15, 0.2) is 82.1 Å². The molecule has 1 aliphatic rings. The fourth-order valence-electron chi connectivity index (χ4n) is 3.72. The molecule has 4 rings (SSSR count). The molecule has 0 spiro atoms. The Morgan fingerprint density at radius 2 is 1.50 bits per heavy atom. The summed E-state index contributed by atoms with van der Waals surface area (Å²) in [6, 6.07) is 21.6. The van der Waals surface area contributed by atoms with E-state index in [0.717, 1.165) is 11.3 Å². The third kappa shape index (κ3) is 5.73. The van der Waals surface area contributed by atoms with Crippen molar-refractivity contribution < 1.29 is 27.2 Å². The summed E-state index contributed by atoms with van der Waals surface area (Å²) in [7, 11) is -3.59. The number of hydrogen-bond donors (Lipinski definition) is 0. The smallest absolute Gasteiger partial charge is 0.306 e. The highest BCUT2D eigenvalue weighted by molar-refractivity contribution is 7.89. The van der Waals surface area contributed by atoms with E-state index in [4.69, 9.17) is 9.15 Å². The first-order valence-corrected chi connectivity index (χ1v) is 12.5. The van der Waals surface area contributed by atoms with Gasteiger partial charge in [0.25, 0.3) is 5.91 Å². The van der Waals surface area contributed by atoms with Gasteiger partial charge in [0.1, 0.15) is 11.5 Å². The number of ether oxygens (including phenoxy) is 1. The van der Waals surface area contributed by atoms with Crippen LogP contribution < -0.4 is 0 Å². The van der Waals surface area contributed by atoms with Gasteiger partial charge in [-0.2, -0.15) is 4.31 Å². The number of benzene rings is 2.